The first-order valence-electron chi connectivity index (χ1n) is 7.50. The van der Waals surface area contributed by atoms with Crippen LogP contribution in [0.25, 0.3) is 16.8 Å². The van der Waals surface area contributed by atoms with E-state index in [2.05, 4.69) is 48.9 Å². The van der Waals surface area contributed by atoms with Crippen molar-refractivity contribution in [2.24, 2.45) is 5.92 Å². The fraction of sp³-hybridized carbons (Fsp3) is 0.316. The number of fused-ring (bicyclic) bond motifs is 3. The van der Waals surface area contributed by atoms with Gasteiger partial charge in [-0.25, -0.2) is 0 Å². The van der Waals surface area contributed by atoms with Crippen LogP contribution in [0.4, 0.5) is 0 Å². The summed E-state index contributed by atoms with van der Waals surface area (Å²) >= 11 is 0. The Kier molecular flexibility index (Phi) is 2.69. The van der Waals surface area contributed by atoms with E-state index in [-0.39, 0.29) is 0 Å². The largest absolute Gasteiger partial charge is 0.0616 e. The molecule has 2 aliphatic carbocycles. The first kappa shape index (κ1) is 11.3. The Morgan fingerprint density at radius 1 is 0.842 bits per heavy atom. The number of benzene rings is 2. The molecule has 2 aliphatic rings. The first-order chi connectivity index (χ1) is 9.42. The maximum Gasteiger partial charge on any atom is 0.0167 e. The average Bonchev–Trinajstić information content (AvgIpc) is 2.93. The zero-order valence-electron chi connectivity index (χ0n) is 11.2. The van der Waals surface area contributed by atoms with Gasteiger partial charge in [-0.3, -0.25) is 0 Å². The fourth-order valence-corrected chi connectivity index (χ4v) is 3.66. The molecule has 95 valence electrons. The van der Waals surface area contributed by atoms with Gasteiger partial charge in [0.15, 0.2) is 0 Å². The van der Waals surface area contributed by atoms with Crippen molar-refractivity contribution in [1.82, 2.24) is 0 Å². The summed E-state index contributed by atoms with van der Waals surface area (Å²) in [5.74, 6) is 0.805. The number of hydrogen-bond donors (Lipinski definition) is 0. The zero-order chi connectivity index (χ0) is 12.7. The molecule has 0 bridgehead atoms. The predicted octanol–water partition coefficient (Wildman–Crippen LogP) is 5.37. The second kappa shape index (κ2) is 4.52. The Morgan fingerprint density at radius 2 is 1.68 bits per heavy atom. The summed E-state index contributed by atoms with van der Waals surface area (Å²) in [6.07, 6.45) is 11.9. The van der Waals surface area contributed by atoms with Crippen molar-refractivity contribution in [3.05, 3.63) is 59.5 Å². The molecule has 0 atom stereocenters. The van der Waals surface area contributed by atoms with Gasteiger partial charge in [-0.2, -0.15) is 0 Å². The molecule has 4 rings (SSSR count). The highest BCUT2D eigenvalue weighted by Crippen LogP contribution is 2.40. The summed E-state index contributed by atoms with van der Waals surface area (Å²) in [6.45, 7) is 0. The highest BCUT2D eigenvalue weighted by atomic mass is 14.3. The molecule has 0 aromatic heterocycles. The van der Waals surface area contributed by atoms with Crippen LogP contribution >= 0.6 is 0 Å². The van der Waals surface area contributed by atoms with Gasteiger partial charge in [-0.05, 0) is 40.7 Å². The van der Waals surface area contributed by atoms with Gasteiger partial charge in [0.2, 0.25) is 0 Å². The van der Waals surface area contributed by atoms with Crippen molar-refractivity contribution >= 4 is 16.8 Å². The van der Waals surface area contributed by atoms with E-state index in [4.69, 9.17) is 0 Å². The molecule has 0 heterocycles. The van der Waals surface area contributed by atoms with Crippen molar-refractivity contribution in [2.75, 3.05) is 0 Å². The molecule has 0 amide bonds. The van der Waals surface area contributed by atoms with Crippen molar-refractivity contribution in [3.63, 3.8) is 0 Å². The lowest BCUT2D eigenvalue weighted by Gasteiger charge is -2.22. The lowest BCUT2D eigenvalue weighted by atomic mass is 9.83. The van der Waals surface area contributed by atoms with E-state index in [0.717, 1.165) is 5.92 Å². The molecular formula is C19H19. The van der Waals surface area contributed by atoms with Gasteiger partial charge < -0.3 is 0 Å². The summed E-state index contributed by atoms with van der Waals surface area (Å²) < 4.78 is 0. The molecule has 0 unspecified atom stereocenters. The third-order valence-corrected chi connectivity index (χ3v) is 4.71. The fourth-order valence-electron chi connectivity index (χ4n) is 3.66. The third kappa shape index (κ3) is 1.90. The molecular weight excluding hydrogens is 228 g/mol. The molecule has 1 saturated carbocycles. The Balaban J connectivity index is 1.77. The van der Waals surface area contributed by atoms with Gasteiger partial charge in [-0.1, -0.05) is 67.3 Å². The van der Waals surface area contributed by atoms with Crippen LogP contribution < -0.4 is 0 Å². The maximum absolute atomic E-state index is 2.45. The van der Waals surface area contributed by atoms with E-state index >= 15 is 0 Å². The topological polar surface area (TPSA) is 0 Å². The molecule has 2 aromatic rings. The first-order valence-corrected chi connectivity index (χ1v) is 7.50. The molecule has 19 heavy (non-hydrogen) atoms. The normalized spacial score (nSPS) is 19.5. The Labute approximate surface area is 115 Å². The van der Waals surface area contributed by atoms with Crippen LogP contribution in [0.5, 0.6) is 0 Å². The van der Waals surface area contributed by atoms with E-state index < -0.39 is 0 Å². The second-order valence-electron chi connectivity index (χ2n) is 5.91. The van der Waals surface area contributed by atoms with E-state index in [1.54, 1.807) is 5.57 Å². The van der Waals surface area contributed by atoms with Crippen LogP contribution in [0.2, 0.25) is 0 Å². The van der Waals surface area contributed by atoms with Gasteiger partial charge in [0.05, 0.1) is 0 Å². The summed E-state index contributed by atoms with van der Waals surface area (Å²) in [7, 11) is 0. The molecule has 1 radical (unpaired) electrons. The van der Waals surface area contributed by atoms with Crippen LogP contribution in [0.3, 0.4) is 0 Å². The van der Waals surface area contributed by atoms with Crippen LogP contribution in [-0.2, 0) is 0 Å². The summed E-state index contributed by atoms with van der Waals surface area (Å²) in [5, 5.41) is 2.76. The van der Waals surface area contributed by atoms with Crippen molar-refractivity contribution in [2.45, 2.75) is 32.1 Å². The molecule has 0 spiro atoms. The lowest BCUT2D eigenvalue weighted by Crippen LogP contribution is -2.08. The molecule has 0 N–H and O–H groups in total. The van der Waals surface area contributed by atoms with Crippen LogP contribution in [0.15, 0.2) is 42.0 Å². The van der Waals surface area contributed by atoms with Gasteiger partial charge in [-0.15, -0.1) is 0 Å². The van der Waals surface area contributed by atoms with Crippen LogP contribution in [-0.4, -0.2) is 0 Å². The molecule has 1 fully saturated rings. The summed E-state index contributed by atoms with van der Waals surface area (Å²) in [5.41, 5.74) is 4.43. The van der Waals surface area contributed by atoms with Gasteiger partial charge in [0, 0.05) is 6.42 Å². The minimum Gasteiger partial charge on any atom is -0.0616 e. The maximum atomic E-state index is 2.45. The predicted molar refractivity (Wildman–Crippen MR) is 81.9 cm³/mol. The zero-order valence-corrected chi connectivity index (χ0v) is 11.2. The molecule has 0 aliphatic heterocycles. The monoisotopic (exact) mass is 247 g/mol. The Hall–Kier alpha value is -1.56. The smallest absolute Gasteiger partial charge is 0.0167 e. The number of allylic oxidation sites excluding steroid dienone is 1. The van der Waals surface area contributed by atoms with E-state index in [1.165, 1.54) is 54.0 Å². The minimum atomic E-state index is 0.805. The lowest BCUT2D eigenvalue weighted by molar-refractivity contribution is 0.408. The van der Waals surface area contributed by atoms with E-state index in [1.807, 2.05) is 0 Å². The Morgan fingerprint density at radius 3 is 2.58 bits per heavy atom. The summed E-state index contributed by atoms with van der Waals surface area (Å²) in [6, 6.07) is 13.3. The highest BCUT2D eigenvalue weighted by Gasteiger charge is 2.23. The quantitative estimate of drug-likeness (QED) is 0.635. The highest BCUT2D eigenvalue weighted by molar-refractivity contribution is 5.95. The van der Waals surface area contributed by atoms with Gasteiger partial charge in [0.25, 0.3) is 0 Å². The number of hydrogen-bond acceptors (Lipinski definition) is 0. The minimum absolute atomic E-state index is 0.805. The van der Waals surface area contributed by atoms with E-state index in [0.29, 0.717) is 0 Å². The van der Waals surface area contributed by atoms with Gasteiger partial charge in [0.1, 0.15) is 0 Å². The second-order valence-corrected chi connectivity index (χ2v) is 5.91. The van der Waals surface area contributed by atoms with Crippen molar-refractivity contribution in [3.8, 4) is 0 Å². The molecule has 2 aromatic carbocycles. The van der Waals surface area contributed by atoms with Crippen molar-refractivity contribution < 1.29 is 0 Å². The standard InChI is InChI=1S/C19H19/c1-2-6-14(7-3-1)17-12-16-11-10-15-8-4-5-9-18(15)19(16)13-17/h4-5,8-14H,1-3,6-7H2. The molecule has 0 heteroatoms. The van der Waals surface area contributed by atoms with Crippen molar-refractivity contribution in [1.29, 1.82) is 0 Å². The molecule has 0 nitrogen and oxygen atoms in total. The number of rotatable bonds is 1. The molecule has 0 saturated heterocycles. The van der Waals surface area contributed by atoms with Crippen LogP contribution in [0, 0.1) is 12.3 Å². The summed E-state index contributed by atoms with van der Waals surface area (Å²) in [4.78, 5) is 0. The average molecular weight is 247 g/mol. The van der Waals surface area contributed by atoms with Gasteiger partial charge >= 0.3 is 0 Å². The third-order valence-electron chi connectivity index (χ3n) is 4.71. The van der Waals surface area contributed by atoms with E-state index in [9.17, 15) is 0 Å². The SMILES string of the molecule is [CH]1C(C2CCCCC2)=Cc2c1ccc1ccccc21. The Bertz CT molecular complexity index is 642. The van der Waals surface area contributed by atoms with Crippen LogP contribution in [0.1, 0.15) is 43.2 Å².